The van der Waals surface area contributed by atoms with Gasteiger partial charge >= 0.3 is 0 Å². The first kappa shape index (κ1) is 33.8. The van der Waals surface area contributed by atoms with Gasteiger partial charge in [-0.3, -0.25) is 9.55 Å². The minimum Gasteiger partial charge on any atom is -0.507 e. The molecule has 0 amide bonds. The van der Waals surface area contributed by atoms with Gasteiger partial charge < -0.3 is 5.11 Å². The Kier molecular flexibility index (Phi) is 8.63. The summed E-state index contributed by atoms with van der Waals surface area (Å²) in [7, 11) is 0. The summed E-state index contributed by atoms with van der Waals surface area (Å²) in [4.78, 5) is 10.2. The van der Waals surface area contributed by atoms with Crippen molar-refractivity contribution in [1.82, 2.24) is 14.5 Å². The fraction of sp³-hybridized carbons (Fsp3) is 0.265. The van der Waals surface area contributed by atoms with Gasteiger partial charge in [0.1, 0.15) is 11.6 Å². The molecule has 5 heteroatoms. The predicted molar refractivity (Wildman–Crippen MR) is 220 cm³/mol. The molecule has 2 heterocycles. The first-order valence-electron chi connectivity index (χ1n) is 20.0. The average molecular weight is 893 g/mol. The number of phenolic OH excluding ortho intramolecular Hbond substituents is 1. The maximum absolute atomic E-state index is 12.3. The van der Waals surface area contributed by atoms with Crippen LogP contribution in [0, 0.1) is 12.9 Å². The molecular formula is C49H48N3OPt-. The Labute approximate surface area is 338 Å². The van der Waals surface area contributed by atoms with E-state index in [-0.39, 0.29) is 37.3 Å². The first-order valence-corrected chi connectivity index (χ1v) is 18.5. The molecule has 1 aliphatic carbocycles. The van der Waals surface area contributed by atoms with Crippen molar-refractivity contribution in [2.75, 3.05) is 0 Å². The number of benzene rings is 5. The van der Waals surface area contributed by atoms with Crippen LogP contribution < -0.4 is 0 Å². The largest absolute Gasteiger partial charge is 0.507 e. The zero-order valence-corrected chi connectivity index (χ0v) is 34.3. The van der Waals surface area contributed by atoms with E-state index in [0.717, 1.165) is 74.2 Å². The topological polar surface area (TPSA) is 50.9 Å². The Bertz CT molecular complexity index is 2620. The van der Waals surface area contributed by atoms with E-state index < -0.39 is 6.85 Å². The maximum atomic E-state index is 12.3. The van der Waals surface area contributed by atoms with Gasteiger partial charge in [-0.25, -0.2) is 4.98 Å². The van der Waals surface area contributed by atoms with E-state index >= 15 is 0 Å². The fourth-order valence-electron chi connectivity index (χ4n) is 7.95. The van der Waals surface area contributed by atoms with Gasteiger partial charge in [0.25, 0.3) is 0 Å². The Balaban J connectivity index is 0.00000496. The molecule has 276 valence electrons. The van der Waals surface area contributed by atoms with Crippen molar-refractivity contribution in [3.63, 3.8) is 0 Å². The van der Waals surface area contributed by atoms with Crippen molar-refractivity contribution in [2.24, 2.45) is 0 Å². The second-order valence-electron chi connectivity index (χ2n) is 16.9. The van der Waals surface area contributed by atoms with Crippen LogP contribution >= 0.6 is 0 Å². The normalized spacial score (nSPS) is 15.8. The number of rotatable bonds is 5. The van der Waals surface area contributed by atoms with Gasteiger partial charge in [-0.05, 0) is 83.0 Å². The molecule has 0 unspecified atom stereocenters. The van der Waals surface area contributed by atoms with Crippen LogP contribution in [0.25, 0.3) is 61.6 Å². The second-order valence-corrected chi connectivity index (χ2v) is 16.9. The molecule has 2 aromatic heterocycles. The molecule has 0 saturated carbocycles. The zero-order valence-electron chi connectivity index (χ0n) is 35.0. The van der Waals surface area contributed by atoms with Gasteiger partial charge in [-0.15, -0.1) is 29.3 Å². The summed E-state index contributed by atoms with van der Waals surface area (Å²) >= 11 is 0. The quantitative estimate of drug-likeness (QED) is 0.175. The molecule has 7 aromatic rings. The summed E-state index contributed by atoms with van der Waals surface area (Å²) in [5.74, 6) is 0.987. The summed E-state index contributed by atoms with van der Waals surface area (Å²) in [5.41, 5.74) is 11.9. The van der Waals surface area contributed by atoms with Crippen molar-refractivity contribution in [1.29, 1.82) is 0 Å². The molecule has 54 heavy (non-hydrogen) atoms. The van der Waals surface area contributed by atoms with Crippen LogP contribution in [0.1, 0.15) is 87.7 Å². The van der Waals surface area contributed by atoms with E-state index in [4.69, 9.17) is 14.1 Å². The van der Waals surface area contributed by atoms with Crippen molar-refractivity contribution >= 4 is 11.0 Å². The number of aryl methyl sites for hydroxylation is 1. The van der Waals surface area contributed by atoms with Crippen molar-refractivity contribution < 1.29 is 30.3 Å². The molecule has 0 atom stereocenters. The number of imidazole rings is 1. The standard InChI is InChI=1S/C49H48N3O.Pt/c1-31-17-19-32(20-18-31)33-23-26-50-41(30-33)35-27-34(28-36(29-35)47(2,3)4)38-15-12-16-42-44(38)51-46(52(42)37-13-10-9-11-14-37)39-21-22-40-43(45(39)53)49(7,8)25-24-48(40,5)6;/h9-23,26,28-30,53H,24-25H2,1-8H3;/q-1;/i1D3;. The van der Waals surface area contributed by atoms with Gasteiger partial charge in [0.05, 0.1) is 16.6 Å². The number of aromatic nitrogens is 3. The number of aromatic hydroxyl groups is 1. The molecule has 1 aliphatic rings. The van der Waals surface area contributed by atoms with Gasteiger partial charge in [-0.2, -0.15) is 0 Å². The number of phenols is 1. The molecule has 8 rings (SSSR count). The number of nitrogens with zero attached hydrogens (tertiary/aromatic N) is 3. The molecule has 0 bridgehead atoms. The Hall–Kier alpha value is -4.79. The van der Waals surface area contributed by atoms with Crippen LogP contribution in [-0.4, -0.2) is 19.6 Å². The molecule has 0 fully saturated rings. The average Bonchev–Trinajstić information content (AvgIpc) is 3.56. The van der Waals surface area contributed by atoms with Gasteiger partial charge in [-0.1, -0.05) is 132 Å². The summed E-state index contributed by atoms with van der Waals surface area (Å²) in [6.45, 7) is 13.5. The minimum atomic E-state index is -2.16. The van der Waals surface area contributed by atoms with Crippen LogP contribution in [0.5, 0.6) is 5.75 Å². The number of hydrogen-bond donors (Lipinski definition) is 1. The van der Waals surface area contributed by atoms with Gasteiger partial charge in [0.2, 0.25) is 0 Å². The van der Waals surface area contributed by atoms with E-state index in [0.29, 0.717) is 22.7 Å². The summed E-state index contributed by atoms with van der Waals surface area (Å²) in [6.07, 6.45) is 3.84. The fourth-order valence-corrected chi connectivity index (χ4v) is 7.95. The summed E-state index contributed by atoms with van der Waals surface area (Å²) in [5, 5.41) is 12.3. The number of para-hydroxylation sites is 2. The Morgan fingerprint density at radius 1 is 0.759 bits per heavy atom. The monoisotopic (exact) mass is 892 g/mol. The van der Waals surface area contributed by atoms with Crippen LogP contribution in [0.2, 0.25) is 0 Å². The van der Waals surface area contributed by atoms with Gasteiger partial charge in [0, 0.05) is 48.3 Å². The third-order valence-electron chi connectivity index (χ3n) is 11.2. The maximum Gasteiger partial charge on any atom is 0.148 e. The smallest absolute Gasteiger partial charge is 0.148 e. The molecule has 1 N–H and O–H groups in total. The van der Waals surface area contributed by atoms with E-state index in [2.05, 4.69) is 114 Å². The molecule has 0 aliphatic heterocycles. The third-order valence-corrected chi connectivity index (χ3v) is 11.2. The molecule has 0 radical (unpaired) electrons. The van der Waals surface area contributed by atoms with E-state index in [1.54, 1.807) is 18.3 Å². The number of hydrogen-bond acceptors (Lipinski definition) is 3. The third kappa shape index (κ3) is 6.64. The van der Waals surface area contributed by atoms with E-state index in [9.17, 15) is 5.11 Å². The predicted octanol–water partition coefficient (Wildman–Crippen LogP) is 12.5. The van der Waals surface area contributed by atoms with Crippen LogP contribution in [0.15, 0.2) is 115 Å². The van der Waals surface area contributed by atoms with Crippen molar-refractivity contribution in [3.05, 3.63) is 144 Å². The molecule has 5 aromatic carbocycles. The number of pyridine rings is 1. The molecule has 4 nitrogen and oxygen atoms in total. The van der Waals surface area contributed by atoms with Crippen LogP contribution in [0.4, 0.5) is 0 Å². The minimum absolute atomic E-state index is 0. The first-order chi connectivity index (χ1) is 26.4. The van der Waals surface area contributed by atoms with Crippen molar-refractivity contribution in [2.45, 2.75) is 84.4 Å². The summed E-state index contributed by atoms with van der Waals surface area (Å²) in [6, 6.07) is 39.9. The Morgan fingerprint density at radius 3 is 2.20 bits per heavy atom. The molecular weight excluding hydrogens is 842 g/mol. The SMILES string of the molecule is [2H]C([2H])([2H])c1ccc(-c2ccnc(-c3[c-]c(-c4cccc5c4nc(-c4ccc6c(c4O)C(C)(C)CCC6(C)C)n5-c4ccccc4)cc(C(C)(C)C)c3)c2)cc1.[Pt]. The Morgan fingerprint density at radius 2 is 1.48 bits per heavy atom. The van der Waals surface area contributed by atoms with Gasteiger partial charge in [0.15, 0.2) is 0 Å². The summed E-state index contributed by atoms with van der Waals surface area (Å²) < 4.78 is 25.5. The van der Waals surface area contributed by atoms with Crippen molar-refractivity contribution in [3.8, 4) is 56.3 Å². The second kappa shape index (κ2) is 13.8. The number of fused-ring (bicyclic) bond motifs is 2. The van der Waals surface area contributed by atoms with E-state index in [1.807, 2.05) is 42.5 Å². The molecule has 0 saturated heterocycles. The van der Waals surface area contributed by atoms with Crippen LogP contribution in [0.3, 0.4) is 0 Å². The zero-order chi connectivity index (χ0) is 39.8. The van der Waals surface area contributed by atoms with E-state index in [1.165, 1.54) is 5.56 Å². The molecule has 0 spiro atoms. The van der Waals surface area contributed by atoms with Crippen LogP contribution in [-0.2, 0) is 37.3 Å².